The van der Waals surface area contributed by atoms with Crippen molar-refractivity contribution in [1.29, 1.82) is 0 Å². The minimum absolute atomic E-state index is 0.137. The number of hydrogen-bond acceptors (Lipinski definition) is 11. The van der Waals surface area contributed by atoms with E-state index in [2.05, 4.69) is 25.1 Å². The molecule has 16 heteroatoms. The number of benzene rings is 1. The number of sulfonamides is 1. The zero-order valence-electron chi connectivity index (χ0n) is 34.9. The molecule has 0 radical (unpaired) electrons. The molecule has 8 rings (SSSR count). The molecule has 2 amide bonds. The van der Waals surface area contributed by atoms with Crippen LogP contribution in [0.2, 0.25) is 5.15 Å². The number of hydrogen-bond donors (Lipinski definition) is 2. The SMILES string of the molecule is CC(C)(C)OC(=O)N1C[C@@H](CCCNc2nc(S(=O)(=O)NC(=O)c3ccc(-n4ccc(OCCC5C6(CC6)C56CC6)n4)nc3Cl)ccc2OCc2ccccc2)CC1(C)C. The Morgan fingerprint density at radius 1 is 0.933 bits per heavy atom. The van der Waals surface area contributed by atoms with Crippen molar-refractivity contribution in [2.24, 2.45) is 22.7 Å². The van der Waals surface area contributed by atoms with Crippen LogP contribution in [0.15, 0.2) is 71.9 Å². The monoisotopic (exact) mass is 859 g/mol. The average molecular weight is 860 g/mol. The Hall–Kier alpha value is -4.89. The molecule has 1 atom stereocenters. The van der Waals surface area contributed by atoms with Crippen molar-refractivity contribution in [2.45, 2.75) is 109 Å². The first-order valence-corrected chi connectivity index (χ1v) is 22.7. The zero-order valence-corrected chi connectivity index (χ0v) is 36.4. The van der Waals surface area contributed by atoms with E-state index in [4.69, 9.17) is 25.8 Å². The highest BCUT2D eigenvalue weighted by Crippen LogP contribution is 2.93. The summed E-state index contributed by atoms with van der Waals surface area (Å²) < 4.78 is 48.5. The second kappa shape index (κ2) is 15.9. The number of aromatic nitrogens is 4. The van der Waals surface area contributed by atoms with Crippen LogP contribution in [0, 0.1) is 22.7 Å². The van der Waals surface area contributed by atoms with Gasteiger partial charge in [-0.15, -0.1) is 5.10 Å². The van der Waals surface area contributed by atoms with Gasteiger partial charge in [0.05, 0.1) is 12.2 Å². The number of amides is 2. The van der Waals surface area contributed by atoms with Crippen molar-refractivity contribution in [3.05, 3.63) is 83.1 Å². The molecule has 2 spiro atoms. The van der Waals surface area contributed by atoms with Crippen LogP contribution in [0.4, 0.5) is 10.6 Å². The van der Waals surface area contributed by atoms with Crippen LogP contribution < -0.4 is 19.5 Å². The van der Waals surface area contributed by atoms with Gasteiger partial charge in [0.2, 0.25) is 5.88 Å². The molecule has 14 nitrogen and oxygen atoms in total. The molecule has 3 aliphatic carbocycles. The fourth-order valence-corrected chi connectivity index (χ4v) is 10.6. The van der Waals surface area contributed by atoms with Crippen LogP contribution in [-0.4, -0.2) is 75.9 Å². The highest BCUT2D eigenvalue weighted by Gasteiger charge is 2.85. The molecule has 320 valence electrons. The molecule has 4 aliphatic rings. The van der Waals surface area contributed by atoms with E-state index >= 15 is 0 Å². The standard InChI is InChI=1S/C44H54ClN7O7S/c1-41(2,3)59-40(54)51-27-30(26-42(51,4)5)12-9-23-46-38-32(58-28-29-10-7-6-8-11-29)14-16-36(48-38)60(55,56)50-39(53)31-13-15-34(47-37(31)45)52-24-17-35(49-52)57-25-18-33-43(19-20-43)44(33)21-22-44/h6-8,10-11,13-17,24,30,33H,9,12,18-23,25-28H2,1-5H3,(H,46,48)(H,50,53)/t30-/m0/s1. The van der Waals surface area contributed by atoms with Gasteiger partial charge in [0.15, 0.2) is 22.4 Å². The van der Waals surface area contributed by atoms with Gasteiger partial charge in [-0.05, 0) is 138 Å². The maximum atomic E-state index is 13.6. The Labute approximate surface area is 356 Å². The zero-order chi connectivity index (χ0) is 42.5. The molecule has 1 aliphatic heterocycles. The average Bonchev–Trinajstić information content (AvgIpc) is 4.14. The van der Waals surface area contributed by atoms with E-state index in [-0.39, 0.29) is 45.7 Å². The molecular formula is C44H54ClN7O7S. The fourth-order valence-electron chi connectivity index (χ4n) is 9.47. The number of nitrogens with zero attached hydrogens (tertiary/aromatic N) is 5. The van der Waals surface area contributed by atoms with Crippen LogP contribution >= 0.6 is 11.6 Å². The van der Waals surface area contributed by atoms with Crippen molar-refractivity contribution in [2.75, 3.05) is 25.0 Å². The Bertz CT molecular complexity index is 2340. The summed E-state index contributed by atoms with van der Waals surface area (Å²) in [5.41, 5.74) is 1.12. The van der Waals surface area contributed by atoms with E-state index in [1.165, 1.54) is 54.6 Å². The first-order chi connectivity index (χ1) is 28.5. The van der Waals surface area contributed by atoms with Crippen LogP contribution in [0.5, 0.6) is 11.6 Å². The lowest BCUT2D eigenvalue weighted by Crippen LogP contribution is -2.45. The van der Waals surface area contributed by atoms with Crippen molar-refractivity contribution >= 4 is 39.4 Å². The Morgan fingerprint density at radius 3 is 2.35 bits per heavy atom. The van der Waals surface area contributed by atoms with E-state index in [0.717, 1.165) is 30.7 Å². The number of nitrogens with one attached hydrogen (secondary N) is 2. The van der Waals surface area contributed by atoms with Crippen LogP contribution in [0.1, 0.15) is 102 Å². The Balaban J connectivity index is 0.888. The van der Waals surface area contributed by atoms with E-state index in [1.54, 1.807) is 17.2 Å². The third-order valence-corrected chi connectivity index (χ3v) is 14.1. The van der Waals surface area contributed by atoms with Crippen molar-refractivity contribution < 1.29 is 32.2 Å². The summed E-state index contributed by atoms with van der Waals surface area (Å²) in [5, 5.41) is 7.14. The number of rotatable bonds is 16. The molecule has 0 unspecified atom stereocenters. The molecule has 3 aromatic heterocycles. The number of pyridine rings is 2. The normalized spacial score (nSPS) is 19.6. The summed E-state index contributed by atoms with van der Waals surface area (Å²) >= 11 is 6.45. The third-order valence-electron chi connectivity index (χ3n) is 12.6. The summed E-state index contributed by atoms with van der Waals surface area (Å²) in [5.74, 6) is 1.44. The molecule has 4 heterocycles. The lowest BCUT2D eigenvalue weighted by molar-refractivity contribution is 0.0130. The molecule has 1 aromatic carbocycles. The highest BCUT2D eigenvalue weighted by molar-refractivity contribution is 7.90. The molecule has 2 N–H and O–H groups in total. The minimum Gasteiger partial charge on any atom is -0.485 e. The Morgan fingerprint density at radius 2 is 1.67 bits per heavy atom. The fraction of sp³-hybridized carbons (Fsp3) is 0.523. The van der Waals surface area contributed by atoms with Gasteiger partial charge in [-0.3, -0.25) is 4.79 Å². The van der Waals surface area contributed by atoms with Gasteiger partial charge in [-0.1, -0.05) is 41.9 Å². The van der Waals surface area contributed by atoms with Crippen LogP contribution in [0.25, 0.3) is 5.82 Å². The lowest BCUT2D eigenvalue weighted by atomic mass is 9.93. The smallest absolute Gasteiger partial charge is 0.410 e. The summed E-state index contributed by atoms with van der Waals surface area (Å²) in [6.07, 6.45) is 10.2. The Kier molecular flexibility index (Phi) is 11.1. The first-order valence-electron chi connectivity index (χ1n) is 20.8. The first kappa shape index (κ1) is 41.8. The predicted octanol–water partition coefficient (Wildman–Crippen LogP) is 8.20. The van der Waals surface area contributed by atoms with E-state index in [0.29, 0.717) is 54.4 Å². The molecular weight excluding hydrogens is 806 g/mol. The highest BCUT2D eigenvalue weighted by atomic mass is 35.5. The van der Waals surface area contributed by atoms with Gasteiger partial charge in [-0.2, -0.15) is 8.42 Å². The van der Waals surface area contributed by atoms with Gasteiger partial charge in [0.1, 0.15) is 17.4 Å². The number of fused-ring (bicyclic) bond motifs is 1. The number of carbonyl (C=O) groups excluding carboxylic acids is 2. The topological polar surface area (TPSA) is 167 Å². The van der Waals surface area contributed by atoms with Gasteiger partial charge in [-0.25, -0.2) is 24.2 Å². The van der Waals surface area contributed by atoms with E-state index in [1.807, 2.05) is 65.0 Å². The summed E-state index contributed by atoms with van der Waals surface area (Å²) in [6, 6.07) is 17.0. The summed E-state index contributed by atoms with van der Waals surface area (Å²) in [4.78, 5) is 36.8. The van der Waals surface area contributed by atoms with Gasteiger partial charge in [0.25, 0.3) is 15.9 Å². The third kappa shape index (κ3) is 8.79. The number of carbonyl (C=O) groups is 2. The molecule has 60 heavy (non-hydrogen) atoms. The molecule has 1 saturated heterocycles. The van der Waals surface area contributed by atoms with E-state index in [9.17, 15) is 18.0 Å². The second-order valence-electron chi connectivity index (χ2n) is 18.4. The largest absolute Gasteiger partial charge is 0.485 e. The van der Waals surface area contributed by atoms with Gasteiger partial charge < -0.3 is 24.4 Å². The number of ether oxygens (including phenoxy) is 3. The molecule has 4 fully saturated rings. The molecule has 0 bridgehead atoms. The quantitative estimate of drug-likeness (QED) is 0.0824. The number of likely N-dealkylation sites (tertiary alicyclic amines) is 1. The lowest BCUT2D eigenvalue weighted by Gasteiger charge is -2.33. The molecule has 3 saturated carbocycles. The summed E-state index contributed by atoms with van der Waals surface area (Å²) in [6.45, 7) is 11.5. The van der Waals surface area contributed by atoms with Crippen LogP contribution in [-0.2, 0) is 21.4 Å². The van der Waals surface area contributed by atoms with Crippen LogP contribution in [0.3, 0.4) is 0 Å². The van der Waals surface area contributed by atoms with E-state index < -0.39 is 21.5 Å². The van der Waals surface area contributed by atoms with Crippen molar-refractivity contribution in [3.8, 4) is 17.4 Å². The minimum atomic E-state index is -4.47. The second-order valence-corrected chi connectivity index (χ2v) is 20.3. The van der Waals surface area contributed by atoms with Crippen molar-refractivity contribution in [3.63, 3.8) is 0 Å². The maximum absolute atomic E-state index is 13.6. The van der Waals surface area contributed by atoms with Gasteiger partial charge in [0, 0.05) is 30.9 Å². The van der Waals surface area contributed by atoms with Crippen molar-refractivity contribution in [1.82, 2.24) is 29.4 Å². The van der Waals surface area contributed by atoms with Gasteiger partial charge >= 0.3 is 6.09 Å². The summed E-state index contributed by atoms with van der Waals surface area (Å²) in [7, 11) is -4.47. The maximum Gasteiger partial charge on any atom is 0.410 e. The molecule has 4 aromatic rings. The predicted molar refractivity (Wildman–Crippen MR) is 226 cm³/mol. The number of anilines is 1. The number of halogens is 1.